The Morgan fingerprint density at radius 1 is 1.04 bits per heavy atom. The summed E-state index contributed by atoms with van der Waals surface area (Å²) in [5, 5.41) is 0.619. The minimum atomic E-state index is -3.84. The summed E-state index contributed by atoms with van der Waals surface area (Å²) in [5.74, 6) is 0. The minimum Gasteiger partial charge on any atom is -0.306 e. The molecule has 6 nitrogen and oxygen atoms in total. The molecule has 3 aromatic rings. The summed E-state index contributed by atoms with van der Waals surface area (Å²) in [6, 6.07) is 7.41. The molecule has 1 heterocycles. The first kappa shape index (κ1) is 15.9. The molecular weight excluding hydrogens is 361 g/mol. The lowest BCUT2D eigenvalue weighted by molar-refractivity contribution is 0.600. The summed E-state index contributed by atoms with van der Waals surface area (Å²) in [7, 11) is -3.84. The molecule has 1 aromatic heterocycles. The summed E-state index contributed by atoms with van der Waals surface area (Å²) in [4.78, 5) is 16.5. The number of rotatable bonds is 3. The van der Waals surface area contributed by atoms with Crippen molar-refractivity contribution in [2.75, 3.05) is 4.72 Å². The lowest BCUT2D eigenvalue weighted by atomic mass is 10.2. The molecule has 0 aliphatic carbocycles. The number of benzene rings is 2. The van der Waals surface area contributed by atoms with Crippen LogP contribution in [0.5, 0.6) is 0 Å². The van der Waals surface area contributed by atoms with Crippen LogP contribution in [0.1, 0.15) is 5.56 Å². The third kappa shape index (κ3) is 3.08. The smallest absolute Gasteiger partial charge is 0.306 e. The topological polar surface area (TPSA) is 94.8 Å². The summed E-state index contributed by atoms with van der Waals surface area (Å²) in [6.45, 7) is 1.65. The average molecular weight is 372 g/mol. The van der Waals surface area contributed by atoms with Crippen molar-refractivity contribution in [3.63, 3.8) is 0 Å². The molecule has 9 heteroatoms. The van der Waals surface area contributed by atoms with Gasteiger partial charge in [0.2, 0.25) is 0 Å². The van der Waals surface area contributed by atoms with Crippen molar-refractivity contribution < 1.29 is 8.42 Å². The van der Waals surface area contributed by atoms with Gasteiger partial charge in [0.15, 0.2) is 0 Å². The number of imidazole rings is 1. The molecule has 3 rings (SSSR count). The minimum absolute atomic E-state index is 0.0978. The highest BCUT2D eigenvalue weighted by atomic mass is 35.5. The van der Waals surface area contributed by atoms with Crippen molar-refractivity contribution in [2.24, 2.45) is 0 Å². The van der Waals surface area contributed by atoms with Gasteiger partial charge in [-0.2, -0.15) is 0 Å². The van der Waals surface area contributed by atoms with Crippen LogP contribution in [-0.2, 0) is 10.0 Å². The summed E-state index contributed by atoms with van der Waals surface area (Å²) >= 11 is 11.9. The first-order valence-corrected chi connectivity index (χ1v) is 8.71. The van der Waals surface area contributed by atoms with Crippen LogP contribution in [0.15, 0.2) is 40.0 Å². The molecule has 0 saturated heterocycles. The molecular formula is C14H11Cl2N3O3S. The van der Waals surface area contributed by atoms with Gasteiger partial charge in [-0.1, -0.05) is 23.2 Å². The molecule has 120 valence electrons. The maximum atomic E-state index is 12.5. The number of halogens is 2. The van der Waals surface area contributed by atoms with Gasteiger partial charge in [0.05, 0.1) is 26.6 Å². The van der Waals surface area contributed by atoms with Crippen molar-refractivity contribution in [3.8, 4) is 0 Å². The van der Waals surface area contributed by atoms with Crippen LogP contribution in [0.25, 0.3) is 11.0 Å². The Labute approximate surface area is 141 Å². The van der Waals surface area contributed by atoms with Crippen molar-refractivity contribution in [2.45, 2.75) is 11.8 Å². The number of fused-ring (bicyclic) bond motifs is 1. The molecule has 0 bridgehead atoms. The average Bonchev–Trinajstić information content (AvgIpc) is 2.77. The Morgan fingerprint density at radius 2 is 1.70 bits per heavy atom. The molecule has 2 aromatic carbocycles. The third-order valence-corrected chi connectivity index (χ3v) is 5.35. The van der Waals surface area contributed by atoms with E-state index in [0.717, 1.165) is 0 Å². The molecule has 0 atom stereocenters. The van der Waals surface area contributed by atoms with Crippen LogP contribution < -0.4 is 10.4 Å². The monoisotopic (exact) mass is 371 g/mol. The Hall–Kier alpha value is -1.96. The van der Waals surface area contributed by atoms with Gasteiger partial charge >= 0.3 is 5.69 Å². The Kier molecular flexibility index (Phi) is 3.87. The van der Waals surface area contributed by atoms with E-state index in [4.69, 9.17) is 23.2 Å². The molecule has 23 heavy (non-hydrogen) atoms. The number of hydrogen-bond donors (Lipinski definition) is 3. The lowest BCUT2D eigenvalue weighted by Gasteiger charge is -2.12. The number of sulfonamides is 1. The summed E-state index contributed by atoms with van der Waals surface area (Å²) < 4.78 is 27.5. The van der Waals surface area contributed by atoms with Crippen molar-refractivity contribution in [1.82, 2.24) is 9.97 Å². The fourth-order valence-electron chi connectivity index (χ4n) is 2.25. The van der Waals surface area contributed by atoms with Crippen LogP contribution in [0.3, 0.4) is 0 Å². The van der Waals surface area contributed by atoms with E-state index in [1.165, 1.54) is 24.3 Å². The van der Waals surface area contributed by atoms with E-state index < -0.39 is 15.7 Å². The largest absolute Gasteiger partial charge is 0.323 e. The molecule has 0 amide bonds. The highest BCUT2D eigenvalue weighted by Crippen LogP contribution is 2.29. The zero-order valence-corrected chi connectivity index (χ0v) is 14.1. The zero-order chi connectivity index (χ0) is 16.8. The van der Waals surface area contributed by atoms with Crippen molar-refractivity contribution >= 4 is 49.9 Å². The second-order valence-corrected chi connectivity index (χ2v) is 7.47. The van der Waals surface area contributed by atoms with Gasteiger partial charge in [-0.05, 0) is 42.8 Å². The van der Waals surface area contributed by atoms with Gasteiger partial charge in [-0.15, -0.1) is 0 Å². The number of aromatic amines is 2. The zero-order valence-electron chi connectivity index (χ0n) is 11.8. The van der Waals surface area contributed by atoms with E-state index in [9.17, 15) is 13.2 Å². The molecule has 0 fully saturated rings. The molecule has 0 saturated carbocycles. The van der Waals surface area contributed by atoms with E-state index >= 15 is 0 Å². The van der Waals surface area contributed by atoms with Crippen LogP contribution in [0.2, 0.25) is 10.0 Å². The number of anilines is 1. The van der Waals surface area contributed by atoms with Crippen molar-refractivity contribution in [1.29, 1.82) is 0 Å². The van der Waals surface area contributed by atoms with Gasteiger partial charge in [0.25, 0.3) is 10.0 Å². The molecule has 0 spiro atoms. The lowest BCUT2D eigenvalue weighted by Crippen LogP contribution is -2.14. The van der Waals surface area contributed by atoms with Crippen LogP contribution in [-0.4, -0.2) is 18.4 Å². The van der Waals surface area contributed by atoms with Gasteiger partial charge in [-0.25, -0.2) is 13.2 Å². The second kappa shape index (κ2) is 5.59. The van der Waals surface area contributed by atoms with E-state index in [1.807, 2.05) is 0 Å². The highest BCUT2D eigenvalue weighted by Gasteiger charge is 2.19. The quantitative estimate of drug-likeness (QED) is 0.659. The molecule has 0 aliphatic rings. The van der Waals surface area contributed by atoms with Gasteiger partial charge < -0.3 is 9.97 Å². The number of aryl methyl sites for hydroxylation is 1. The van der Waals surface area contributed by atoms with Crippen LogP contribution in [0, 0.1) is 6.92 Å². The van der Waals surface area contributed by atoms with Crippen molar-refractivity contribution in [3.05, 3.63) is 56.4 Å². The van der Waals surface area contributed by atoms with E-state index in [0.29, 0.717) is 21.6 Å². The second-order valence-electron chi connectivity index (χ2n) is 4.97. The molecule has 0 aliphatic heterocycles. The van der Waals surface area contributed by atoms with E-state index in [1.54, 1.807) is 13.0 Å². The number of aromatic nitrogens is 2. The van der Waals surface area contributed by atoms with E-state index in [-0.39, 0.29) is 15.6 Å². The van der Waals surface area contributed by atoms with Crippen LogP contribution in [0.4, 0.5) is 5.69 Å². The molecule has 0 radical (unpaired) electrons. The highest BCUT2D eigenvalue weighted by molar-refractivity contribution is 7.92. The standard InChI is InChI=1S/C14H11Cl2N3O3S/c1-7-4-8(15)2-3-13(7)23(21,22)19-10-6-12-11(5-9(10)16)17-14(20)18-12/h2-6,19H,1H3,(H2,17,18,20). The predicted octanol–water partition coefficient (Wildman–Crippen LogP) is 3.27. The SMILES string of the molecule is Cc1cc(Cl)ccc1S(=O)(=O)Nc1cc2[nH]c(=O)[nH]c2cc1Cl. The van der Waals surface area contributed by atoms with E-state index in [2.05, 4.69) is 14.7 Å². The maximum absolute atomic E-state index is 12.5. The van der Waals surface area contributed by atoms with Crippen LogP contribution >= 0.6 is 23.2 Å². The Balaban J connectivity index is 2.06. The Morgan fingerprint density at radius 3 is 2.35 bits per heavy atom. The maximum Gasteiger partial charge on any atom is 0.323 e. The first-order chi connectivity index (χ1) is 10.8. The molecule has 0 unspecified atom stereocenters. The van der Waals surface area contributed by atoms with Gasteiger partial charge in [0, 0.05) is 5.02 Å². The fraction of sp³-hybridized carbons (Fsp3) is 0.0714. The first-order valence-electron chi connectivity index (χ1n) is 6.47. The van der Waals surface area contributed by atoms with Gasteiger partial charge in [0.1, 0.15) is 0 Å². The number of H-pyrrole nitrogens is 2. The summed E-state index contributed by atoms with van der Waals surface area (Å²) in [6.07, 6.45) is 0. The number of nitrogens with one attached hydrogen (secondary N) is 3. The number of hydrogen-bond acceptors (Lipinski definition) is 3. The van der Waals surface area contributed by atoms with Gasteiger partial charge in [-0.3, -0.25) is 4.72 Å². The fourth-order valence-corrected chi connectivity index (χ4v) is 4.04. The Bertz CT molecular complexity index is 1070. The predicted molar refractivity (Wildman–Crippen MR) is 90.9 cm³/mol. The normalized spacial score (nSPS) is 11.8. The summed E-state index contributed by atoms with van der Waals surface area (Å²) in [5.41, 5.74) is 1.22. The molecule has 3 N–H and O–H groups in total. The third-order valence-electron chi connectivity index (χ3n) is 3.27.